The Kier molecular flexibility index (Phi) is 5.54. The maximum Gasteiger partial charge on any atom is 0.330 e. The highest BCUT2D eigenvalue weighted by molar-refractivity contribution is 6.31. The number of amides is 3. The summed E-state index contributed by atoms with van der Waals surface area (Å²) in [5.74, 6) is 0.582. The predicted octanol–water partition coefficient (Wildman–Crippen LogP) is 4.44. The zero-order chi connectivity index (χ0) is 21.1. The molecule has 7 nitrogen and oxygen atoms in total. The van der Waals surface area contributed by atoms with E-state index in [1.807, 2.05) is 30.3 Å². The lowest BCUT2D eigenvalue weighted by molar-refractivity contribution is 0.102. The second kappa shape index (κ2) is 8.42. The van der Waals surface area contributed by atoms with Gasteiger partial charge in [-0.1, -0.05) is 29.8 Å². The lowest BCUT2D eigenvalue weighted by Crippen LogP contribution is -2.32. The Labute approximate surface area is 178 Å². The van der Waals surface area contributed by atoms with Gasteiger partial charge in [-0.15, -0.1) is 0 Å². The summed E-state index contributed by atoms with van der Waals surface area (Å²) in [6.07, 6.45) is 1.52. The summed E-state index contributed by atoms with van der Waals surface area (Å²) in [4.78, 5) is 33.0. The number of carbonyl (C=O) groups excluding carboxylic acids is 2. The summed E-state index contributed by atoms with van der Waals surface area (Å²) in [5, 5.41) is 3.20. The molecule has 8 heteroatoms. The predicted molar refractivity (Wildman–Crippen MR) is 117 cm³/mol. The second-order valence-corrected chi connectivity index (χ2v) is 7.06. The Balaban J connectivity index is 1.47. The number of benzene rings is 2. The van der Waals surface area contributed by atoms with E-state index in [1.54, 1.807) is 40.1 Å². The molecule has 0 spiro atoms. The van der Waals surface area contributed by atoms with Crippen LogP contribution in [0, 0.1) is 0 Å². The summed E-state index contributed by atoms with van der Waals surface area (Å²) in [7, 11) is 1.49. The number of urea groups is 1. The van der Waals surface area contributed by atoms with Crippen molar-refractivity contribution in [2.75, 3.05) is 35.3 Å². The lowest BCUT2D eigenvalue weighted by Gasteiger charge is -2.18. The molecule has 0 saturated carbocycles. The van der Waals surface area contributed by atoms with E-state index in [-0.39, 0.29) is 11.9 Å². The van der Waals surface area contributed by atoms with Crippen LogP contribution in [0.2, 0.25) is 5.02 Å². The van der Waals surface area contributed by atoms with Gasteiger partial charge in [0.1, 0.15) is 11.6 Å². The maximum atomic E-state index is 12.8. The van der Waals surface area contributed by atoms with E-state index in [0.717, 1.165) is 5.69 Å². The number of anilines is 3. The van der Waals surface area contributed by atoms with E-state index < -0.39 is 0 Å². The van der Waals surface area contributed by atoms with Gasteiger partial charge in [0.05, 0.1) is 24.6 Å². The van der Waals surface area contributed by atoms with E-state index in [9.17, 15) is 9.59 Å². The number of pyridine rings is 1. The number of para-hydroxylation sites is 1. The van der Waals surface area contributed by atoms with Gasteiger partial charge >= 0.3 is 6.03 Å². The van der Waals surface area contributed by atoms with Crippen molar-refractivity contribution in [1.29, 1.82) is 0 Å². The number of carbonyl (C=O) groups is 2. The van der Waals surface area contributed by atoms with Crippen molar-refractivity contribution < 1.29 is 14.3 Å². The molecule has 1 aromatic heterocycles. The highest BCUT2D eigenvalue weighted by Crippen LogP contribution is 2.26. The first-order chi connectivity index (χ1) is 14.6. The third kappa shape index (κ3) is 3.92. The van der Waals surface area contributed by atoms with Gasteiger partial charge in [0.15, 0.2) is 0 Å². The van der Waals surface area contributed by atoms with Gasteiger partial charge in [-0.05, 0) is 42.5 Å². The molecule has 0 aliphatic carbocycles. The van der Waals surface area contributed by atoms with E-state index in [0.29, 0.717) is 40.9 Å². The molecule has 1 saturated heterocycles. The van der Waals surface area contributed by atoms with E-state index in [2.05, 4.69) is 10.3 Å². The van der Waals surface area contributed by atoms with Crippen molar-refractivity contribution in [2.45, 2.75) is 0 Å². The van der Waals surface area contributed by atoms with Gasteiger partial charge < -0.3 is 10.1 Å². The van der Waals surface area contributed by atoms with Crippen molar-refractivity contribution in [1.82, 2.24) is 4.98 Å². The molecule has 2 aromatic carbocycles. The Bertz CT molecular complexity index is 1070. The maximum absolute atomic E-state index is 12.8. The van der Waals surface area contributed by atoms with Gasteiger partial charge in [0, 0.05) is 23.8 Å². The first-order valence-electron chi connectivity index (χ1n) is 9.32. The number of aromatic nitrogens is 1. The number of rotatable bonds is 5. The number of ether oxygens (including phenoxy) is 1. The second-order valence-electron chi connectivity index (χ2n) is 6.63. The van der Waals surface area contributed by atoms with E-state index >= 15 is 0 Å². The van der Waals surface area contributed by atoms with Crippen LogP contribution >= 0.6 is 11.6 Å². The molecule has 152 valence electrons. The Morgan fingerprint density at radius 3 is 2.53 bits per heavy atom. The van der Waals surface area contributed by atoms with Crippen LogP contribution in [0.1, 0.15) is 10.4 Å². The molecule has 3 amide bonds. The van der Waals surface area contributed by atoms with Gasteiger partial charge in [-0.25, -0.2) is 9.78 Å². The van der Waals surface area contributed by atoms with Crippen molar-refractivity contribution in [3.8, 4) is 5.75 Å². The van der Waals surface area contributed by atoms with Gasteiger partial charge in [0.25, 0.3) is 5.91 Å². The highest BCUT2D eigenvalue weighted by Gasteiger charge is 2.31. The molecule has 0 atom stereocenters. The molecule has 0 unspecified atom stereocenters. The number of halogens is 1. The zero-order valence-electron chi connectivity index (χ0n) is 16.2. The van der Waals surface area contributed by atoms with Crippen molar-refractivity contribution >= 4 is 40.7 Å². The number of hydrogen-bond acceptors (Lipinski definition) is 4. The number of nitrogens with zero attached hydrogens (tertiary/aromatic N) is 3. The summed E-state index contributed by atoms with van der Waals surface area (Å²) in [6, 6.07) is 17.6. The summed E-state index contributed by atoms with van der Waals surface area (Å²) < 4.78 is 5.22. The fraction of sp³-hybridized carbons (Fsp3) is 0.136. The number of nitrogens with one attached hydrogen (secondary N) is 1. The third-order valence-corrected chi connectivity index (χ3v) is 5.00. The molecular formula is C22H19ClN4O3. The topological polar surface area (TPSA) is 74.8 Å². The van der Waals surface area contributed by atoms with Crippen LogP contribution in [0.4, 0.5) is 22.0 Å². The molecule has 1 aliphatic heterocycles. The molecule has 4 rings (SSSR count). The minimum atomic E-state index is -0.364. The van der Waals surface area contributed by atoms with Crippen LogP contribution in [0.5, 0.6) is 5.75 Å². The smallest absolute Gasteiger partial charge is 0.330 e. The Hall–Kier alpha value is -3.58. The lowest BCUT2D eigenvalue weighted by atomic mass is 10.2. The fourth-order valence-electron chi connectivity index (χ4n) is 3.27. The summed E-state index contributed by atoms with van der Waals surface area (Å²) >= 11 is 5.99. The summed E-state index contributed by atoms with van der Waals surface area (Å²) in [5.41, 5.74) is 1.67. The molecule has 1 fully saturated rings. The SMILES string of the molecule is COc1ccc(Cl)cc1C(=O)Nc1ccc(N2CCN(c3ccccc3)C2=O)nc1. The monoisotopic (exact) mass is 422 g/mol. The van der Waals surface area contributed by atoms with E-state index in [1.165, 1.54) is 13.3 Å². The average molecular weight is 423 g/mol. The van der Waals surface area contributed by atoms with Crippen LogP contribution in [-0.4, -0.2) is 37.1 Å². The Morgan fingerprint density at radius 1 is 1.07 bits per heavy atom. The quantitative estimate of drug-likeness (QED) is 0.659. The van der Waals surface area contributed by atoms with Crippen molar-refractivity contribution in [3.63, 3.8) is 0 Å². The van der Waals surface area contributed by atoms with Crippen LogP contribution in [0.3, 0.4) is 0 Å². The first kappa shape index (κ1) is 19.7. The van der Waals surface area contributed by atoms with Crippen molar-refractivity contribution in [3.05, 3.63) is 77.4 Å². The molecule has 3 aromatic rings. The third-order valence-electron chi connectivity index (χ3n) is 4.77. The van der Waals surface area contributed by atoms with Crippen LogP contribution in [0.25, 0.3) is 0 Å². The van der Waals surface area contributed by atoms with Crippen molar-refractivity contribution in [2.24, 2.45) is 0 Å². The molecule has 0 bridgehead atoms. The summed E-state index contributed by atoms with van der Waals surface area (Å²) in [6.45, 7) is 1.11. The van der Waals surface area contributed by atoms with Gasteiger partial charge in [-0.2, -0.15) is 0 Å². The van der Waals surface area contributed by atoms with Crippen LogP contribution in [0.15, 0.2) is 66.9 Å². The Morgan fingerprint density at radius 2 is 1.83 bits per heavy atom. The van der Waals surface area contributed by atoms with Gasteiger partial charge in [-0.3, -0.25) is 14.6 Å². The van der Waals surface area contributed by atoms with E-state index in [4.69, 9.17) is 16.3 Å². The highest BCUT2D eigenvalue weighted by atomic mass is 35.5. The average Bonchev–Trinajstić information content (AvgIpc) is 3.16. The fourth-order valence-corrected chi connectivity index (χ4v) is 3.44. The van der Waals surface area contributed by atoms with Gasteiger partial charge in [0.2, 0.25) is 0 Å². The number of hydrogen-bond donors (Lipinski definition) is 1. The normalized spacial score (nSPS) is 13.5. The number of methoxy groups -OCH3 is 1. The first-order valence-corrected chi connectivity index (χ1v) is 9.69. The minimum absolute atomic E-state index is 0.130. The molecular weight excluding hydrogens is 404 g/mol. The molecule has 1 N–H and O–H groups in total. The molecule has 2 heterocycles. The zero-order valence-corrected chi connectivity index (χ0v) is 17.0. The van der Waals surface area contributed by atoms with Crippen LogP contribution in [-0.2, 0) is 0 Å². The molecule has 1 aliphatic rings. The largest absolute Gasteiger partial charge is 0.496 e. The minimum Gasteiger partial charge on any atom is -0.496 e. The molecule has 30 heavy (non-hydrogen) atoms. The standard InChI is InChI=1S/C22H19ClN4O3/c1-30-19-9-7-15(23)13-18(19)21(28)25-16-8-10-20(24-14-16)27-12-11-26(22(27)29)17-5-3-2-4-6-17/h2-10,13-14H,11-12H2,1H3,(H,25,28). The molecule has 0 radical (unpaired) electrons. The van der Waals surface area contributed by atoms with Crippen LogP contribution < -0.4 is 19.9 Å².